The van der Waals surface area contributed by atoms with Crippen LogP contribution in [0.25, 0.3) is 0 Å². The Bertz CT molecular complexity index is 1660. The SMILES string of the molecule is CNC(=O)[C@H](Cc1ccccc1)N(Cc1cccc(OC)c1)C(=O)CN(c1ccccc1C)S(=O)(=O)c1ccc(Cl)cc1. The van der Waals surface area contributed by atoms with Crippen molar-refractivity contribution in [1.29, 1.82) is 0 Å². The molecule has 0 aromatic heterocycles. The summed E-state index contributed by atoms with van der Waals surface area (Å²) < 4.78 is 34.6. The molecule has 0 aliphatic rings. The molecule has 0 spiro atoms. The normalized spacial score (nSPS) is 11.8. The number of amides is 2. The molecule has 0 radical (unpaired) electrons. The van der Waals surface area contributed by atoms with E-state index in [0.29, 0.717) is 22.0 Å². The zero-order valence-corrected chi connectivity index (χ0v) is 25.8. The summed E-state index contributed by atoms with van der Waals surface area (Å²) >= 11 is 6.04. The van der Waals surface area contributed by atoms with E-state index in [9.17, 15) is 18.0 Å². The average Bonchev–Trinajstić information content (AvgIpc) is 3.02. The number of sulfonamides is 1. The fourth-order valence-electron chi connectivity index (χ4n) is 4.78. The van der Waals surface area contributed by atoms with Crippen molar-refractivity contribution in [3.63, 3.8) is 0 Å². The third-order valence-corrected chi connectivity index (χ3v) is 9.10. The number of nitrogens with zero attached hydrogens (tertiary/aromatic N) is 2. The average molecular weight is 620 g/mol. The number of hydrogen-bond acceptors (Lipinski definition) is 5. The number of aryl methyl sites for hydroxylation is 1. The van der Waals surface area contributed by atoms with Crippen molar-refractivity contribution in [2.75, 3.05) is 25.0 Å². The van der Waals surface area contributed by atoms with Gasteiger partial charge in [-0.3, -0.25) is 13.9 Å². The summed E-state index contributed by atoms with van der Waals surface area (Å²) in [6.07, 6.45) is 0.227. The summed E-state index contributed by atoms with van der Waals surface area (Å²) in [6, 6.07) is 28.4. The van der Waals surface area contributed by atoms with Gasteiger partial charge in [-0.1, -0.05) is 72.3 Å². The molecule has 10 heteroatoms. The van der Waals surface area contributed by atoms with Crippen LogP contribution in [0.2, 0.25) is 5.02 Å². The van der Waals surface area contributed by atoms with E-state index in [1.54, 1.807) is 56.5 Å². The lowest BCUT2D eigenvalue weighted by Crippen LogP contribution is -2.53. The van der Waals surface area contributed by atoms with Gasteiger partial charge in [-0.05, 0) is 66.1 Å². The van der Waals surface area contributed by atoms with Crippen LogP contribution >= 0.6 is 11.6 Å². The zero-order valence-electron chi connectivity index (χ0n) is 24.2. The molecule has 0 heterocycles. The van der Waals surface area contributed by atoms with Gasteiger partial charge in [-0.15, -0.1) is 0 Å². The largest absolute Gasteiger partial charge is 0.497 e. The van der Waals surface area contributed by atoms with Crippen LogP contribution in [-0.4, -0.2) is 51.9 Å². The highest BCUT2D eigenvalue weighted by atomic mass is 35.5. The summed E-state index contributed by atoms with van der Waals surface area (Å²) in [5, 5.41) is 3.07. The summed E-state index contributed by atoms with van der Waals surface area (Å²) in [4.78, 5) is 29.1. The fourth-order valence-corrected chi connectivity index (χ4v) is 6.38. The van der Waals surface area contributed by atoms with Gasteiger partial charge in [0.1, 0.15) is 18.3 Å². The number of nitrogens with one attached hydrogen (secondary N) is 1. The van der Waals surface area contributed by atoms with Gasteiger partial charge >= 0.3 is 0 Å². The van der Waals surface area contributed by atoms with Crippen LogP contribution in [0.3, 0.4) is 0 Å². The number of carbonyl (C=O) groups is 2. The molecule has 4 rings (SSSR count). The summed E-state index contributed by atoms with van der Waals surface area (Å²) in [7, 11) is -1.15. The van der Waals surface area contributed by atoms with Gasteiger partial charge in [-0.25, -0.2) is 8.42 Å². The number of benzene rings is 4. The van der Waals surface area contributed by atoms with E-state index in [2.05, 4.69) is 5.32 Å². The molecule has 43 heavy (non-hydrogen) atoms. The number of para-hydroxylation sites is 1. The molecule has 0 aliphatic carbocycles. The summed E-state index contributed by atoms with van der Waals surface area (Å²) in [5.74, 6) is -0.326. The number of hydrogen-bond donors (Lipinski definition) is 1. The number of rotatable bonds is 12. The Morgan fingerprint density at radius 2 is 1.53 bits per heavy atom. The highest BCUT2D eigenvalue weighted by molar-refractivity contribution is 7.92. The predicted molar refractivity (Wildman–Crippen MR) is 169 cm³/mol. The Kier molecular flexibility index (Phi) is 10.4. The molecular formula is C33H34ClN3O5S. The van der Waals surface area contributed by atoms with Crippen LogP contribution in [0, 0.1) is 6.92 Å². The maximum atomic E-state index is 14.4. The molecule has 1 atom stereocenters. The molecule has 4 aromatic carbocycles. The van der Waals surface area contributed by atoms with Crippen LogP contribution in [0.1, 0.15) is 16.7 Å². The molecule has 0 saturated carbocycles. The van der Waals surface area contributed by atoms with E-state index in [1.807, 2.05) is 36.4 Å². The minimum Gasteiger partial charge on any atom is -0.497 e. The predicted octanol–water partition coefficient (Wildman–Crippen LogP) is 5.24. The van der Waals surface area contributed by atoms with Crippen molar-refractivity contribution in [3.8, 4) is 5.75 Å². The van der Waals surface area contributed by atoms with E-state index in [-0.39, 0.29) is 23.8 Å². The van der Waals surface area contributed by atoms with Gasteiger partial charge in [0.05, 0.1) is 17.7 Å². The first-order valence-electron chi connectivity index (χ1n) is 13.7. The Labute approximate surface area is 257 Å². The number of anilines is 1. The molecule has 0 bridgehead atoms. The third kappa shape index (κ3) is 7.74. The van der Waals surface area contributed by atoms with Crippen molar-refractivity contribution in [1.82, 2.24) is 10.2 Å². The highest BCUT2D eigenvalue weighted by Gasteiger charge is 2.34. The summed E-state index contributed by atoms with van der Waals surface area (Å²) in [5.41, 5.74) is 2.59. The highest BCUT2D eigenvalue weighted by Crippen LogP contribution is 2.28. The molecule has 0 fully saturated rings. The number of ether oxygens (including phenoxy) is 1. The first kappa shape index (κ1) is 31.6. The molecule has 1 N–H and O–H groups in total. The van der Waals surface area contributed by atoms with Crippen LogP contribution in [0.15, 0.2) is 108 Å². The quantitative estimate of drug-likeness (QED) is 0.234. The van der Waals surface area contributed by atoms with Crippen molar-refractivity contribution < 1.29 is 22.7 Å². The van der Waals surface area contributed by atoms with Crippen LogP contribution < -0.4 is 14.4 Å². The molecule has 4 aromatic rings. The van der Waals surface area contributed by atoms with Gasteiger partial charge in [0, 0.05) is 25.0 Å². The Morgan fingerprint density at radius 3 is 2.19 bits per heavy atom. The van der Waals surface area contributed by atoms with Crippen molar-refractivity contribution in [3.05, 3.63) is 125 Å². The monoisotopic (exact) mass is 619 g/mol. The second-order valence-corrected chi connectivity index (χ2v) is 12.2. The van der Waals surface area contributed by atoms with Gasteiger partial charge in [0.2, 0.25) is 11.8 Å². The second-order valence-electron chi connectivity index (χ2n) is 9.95. The second kappa shape index (κ2) is 14.2. The molecule has 0 unspecified atom stereocenters. The number of halogens is 1. The minimum atomic E-state index is -4.21. The van der Waals surface area contributed by atoms with Gasteiger partial charge in [-0.2, -0.15) is 0 Å². The zero-order chi connectivity index (χ0) is 31.0. The van der Waals surface area contributed by atoms with E-state index < -0.39 is 28.5 Å². The number of carbonyl (C=O) groups excluding carboxylic acids is 2. The molecule has 0 aliphatic heterocycles. The Hall–Kier alpha value is -4.34. The number of likely N-dealkylation sites (N-methyl/N-ethyl adjacent to an activating group) is 1. The maximum absolute atomic E-state index is 14.4. The number of methoxy groups -OCH3 is 1. The minimum absolute atomic E-state index is 0.0144. The molecule has 8 nitrogen and oxygen atoms in total. The van der Waals surface area contributed by atoms with Crippen molar-refractivity contribution >= 4 is 39.1 Å². The molecule has 2 amide bonds. The van der Waals surface area contributed by atoms with Crippen molar-refractivity contribution in [2.24, 2.45) is 0 Å². The van der Waals surface area contributed by atoms with E-state index in [1.165, 1.54) is 36.2 Å². The smallest absolute Gasteiger partial charge is 0.264 e. The first-order valence-corrected chi connectivity index (χ1v) is 15.5. The Morgan fingerprint density at radius 1 is 0.884 bits per heavy atom. The molecular weight excluding hydrogens is 586 g/mol. The van der Waals surface area contributed by atoms with Crippen LogP contribution in [0.4, 0.5) is 5.69 Å². The van der Waals surface area contributed by atoms with Crippen LogP contribution in [0.5, 0.6) is 5.75 Å². The fraction of sp³-hybridized carbons (Fsp3) is 0.212. The van der Waals surface area contributed by atoms with Gasteiger partial charge in [0.25, 0.3) is 10.0 Å². The topological polar surface area (TPSA) is 96.0 Å². The van der Waals surface area contributed by atoms with Gasteiger partial charge in [0.15, 0.2) is 0 Å². The van der Waals surface area contributed by atoms with Crippen LogP contribution in [-0.2, 0) is 32.6 Å². The van der Waals surface area contributed by atoms with E-state index in [4.69, 9.17) is 16.3 Å². The summed E-state index contributed by atoms with van der Waals surface area (Å²) in [6.45, 7) is 1.28. The molecule has 224 valence electrons. The lowest BCUT2D eigenvalue weighted by Gasteiger charge is -2.34. The maximum Gasteiger partial charge on any atom is 0.264 e. The van der Waals surface area contributed by atoms with Crippen molar-refractivity contribution in [2.45, 2.75) is 30.8 Å². The first-order chi connectivity index (χ1) is 20.6. The Balaban J connectivity index is 1.80. The standard InChI is InChI=1S/C33H34ClN3O5S/c1-24-10-7-8-15-30(24)37(43(40,41)29-18-16-27(34)17-19-29)23-32(38)36(22-26-13-9-14-28(20-26)42-3)31(33(39)35-2)21-25-11-5-4-6-12-25/h4-20,31H,21-23H2,1-3H3,(H,35,39)/t31-/m0/s1. The van der Waals surface area contributed by atoms with Gasteiger partial charge < -0.3 is 15.0 Å². The lowest BCUT2D eigenvalue weighted by molar-refractivity contribution is -0.139. The third-order valence-electron chi connectivity index (χ3n) is 7.07. The lowest BCUT2D eigenvalue weighted by atomic mass is 10.0. The van der Waals surface area contributed by atoms with E-state index >= 15 is 0 Å². The van der Waals surface area contributed by atoms with E-state index in [0.717, 1.165) is 15.4 Å². The molecule has 0 saturated heterocycles.